The molecule has 2 aliphatic heterocycles. The van der Waals surface area contributed by atoms with Gasteiger partial charge >= 0.3 is 0 Å². The van der Waals surface area contributed by atoms with E-state index >= 15 is 0 Å². The van der Waals surface area contributed by atoms with Crippen molar-refractivity contribution < 1.29 is 9.18 Å². The molecule has 1 N–H and O–H groups in total. The van der Waals surface area contributed by atoms with Crippen LogP contribution in [0, 0.1) is 5.82 Å². The fourth-order valence-electron chi connectivity index (χ4n) is 4.65. The number of carbonyl (C=O) groups excluding carboxylic acids is 1. The van der Waals surface area contributed by atoms with Crippen molar-refractivity contribution in [3.05, 3.63) is 71.5 Å². The molecular formula is C23H27FN2O. The van der Waals surface area contributed by atoms with Crippen LogP contribution in [0.4, 0.5) is 4.39 Å². The second kappa shape index (κ2) is 8.22. The van der Waals surface area contributed by atoms with Crippen molar-refractivity contribution in [2.45, 2.75) is 63.2 Å². The Morgan fingerprint density at radius 3 is 2.30 bits per heavy atom. The Morgan fingerprint density at radius 1 is 0.963 bits per heavy atom. The monoisotopic (exact) mass is 366 g/mol. The van der Waals surface area contributed by atoms with Crippen LogP contribution in [0.5, 0.6) is 0 Å². The molecular weight excluding hydrogens is 339 g/mol. The molecule has 4 heteroatoms. The molecule has 2 unspecified atom stereocenters. The number of halogens is 1. The first-order chi connectivity index (χ1) is 13.2. The summed E-state index contributed by atoms with van der Waals surface area (Å²) < 4.78 is 13.0. The predicted octanol–water partition coefficient (Wildman–Crippen LogP) is 4.07. The van der Waals surface area contributed by atoms with Gasteiger partial charge in [0.05, 0.1) is 0 Å². The van der Waals surface area contributed by atoms with Gasteiger partial charge in [-0.3, -0.25) is 9.69 Å². The summed E-state index contributed by atoms with van der Waals surface area (Å²) in [5.41, 5.74) is 2.38. The Morgan fingerprint density at radius 2 is 1.63 bits per heavy atom. The molecule has 2 bridgehead atoms. The van der Waals surface area contributed by atoms with Crippen LogP contribution < -0.4 is 5.32 Å². The molecule has 0 saturated carbocycles. The van der Waals surface area contributed by atoms with E-state index < -0.39 is 0 Å². The average molecular weight is 366 g/mol. The van der Waals surface area contributed by atoms with Gasteiger partial charge in [-0.15, -0.1) is 0 Å². The molecule has 2 saturated heterocycles. The lowest BCUT2D eigenvalue weighted by atomic mass is 9.96. The maximum Gasteiger partial charge on any atom is 0.220 e. The smallest absolute Gasteiger partial charge is 0.220 e. The Hall–Kier alpha value is -2.20. The molecule has 2 aromatic carbocycles. The molecule has 2 heterocycles. The van der Waals surface area contributed by atoms with Crippen LogP contribution in [-0.2, 0) is 17.8 Å². The maximum atomic E-state index is 13.0. The molecule has 2 aromatic rings. The maximum absolute atomic E-state index is 13.0. The normalized spacial score (nSPS) is 24.7. The molecule has 1 amide bonds. The van der Waals surface area contributed by atoms with Gasteiger partial charge in [-0.2, -0.15) is 0 Å². The summed E-state index contributed by atoms with van der Waals surface area (Å²) in [6.07, 6.45) is 5.69. The number of rotatable bonds is 6. The third-order valence-electron chi connectivity index (χ3n) is 6.01. The second-order valence-corrected chi connectivity index (χ2v) is 7.91. The van der Waals surface area contributed by atoms with Crippen LogP contribution in [0.3, 0.4) is 0 Å². The van der Waals surface area contributed by atoms with Crippen LogP contribution in [0.15, 0.2) is 54.6 Å². The van der Waals surface area contributed by atoms with Gasteiger partial charge in [0.1, 0.15) is 5.82 Å². The quantitative estimate of drug-likeness (QED) is 0.836. The van der Waals surface area contributed by atoms with Gasteiger partial charge in [0, 0.05) is 31.1 Å². The number of benzene rings is 2. The molecule has 2 atom stereocenters. The van der Waals surface area contributed by atoms with Gasteiger partial charge < -0.3 is 5.32 Å². The Labute approximate surface area is 160 Å². The number of hydrogen-bond donors (Lipinski definition) is 1. The fraction of sp³-hybridized carbons (Fsp3) is 0.435. The number of aryl methyl sites for hydroxylation is 1. The number of piperidine rings is 1. The SMILES string of the molecule is O=C(CCc1ccc(F)cc1)NC1CC2CCC(C1)N2Cc1ccccc1. The molecule has 3 nitrogen and oxygen atoms in total. The van der Waals surface area contributed by atoms with Crippen LogP contribution in [0.1, 0.15) is 43.2 Å². The minimum absolute atomic E-state index is 0.111. The number of amides is 1. The fourth-order valence-corrected chi connectivity index (χ4v) is 4.65. The molecule has 2 aliphatic rings. The number of nitrogens with zero attached hydrogens (tertiary/aromatic N) is 1. The van der Waals surface area contributed by atoms with E-state index in [1.165, 1.54) is 30.5 Å². The highest BCUT2D eigenvalue weighted by atomic mass is 19.1. The molecule has 27 heavy (non-hydrogen) atoms. The zero-order valence-electron chi connectivity index (χ0n) is 15.6. The van der Waals surface area contributed by atoms with Crippen LogP contribution >= 0.6 is 0 Å². The lowest BCUT2D eigenvalue weighted by Crippen LogP contribution is -2.50. The third kappa shape index (κ3) is 4.56. The topological polar surface area (TPSA) is 32.3 Å². The Bertz CT molecular complexity index is 748. The number of hydrogen-bond acceptors (Lipinski definition) is 2. The van der Waals surface area contributed by atoms with Crippen LogP contribution in [-0.4, -0.2) is 28.9 Å². The molecule has 4 rings (SSSR count). The number of nitrogens with one attached hydrogen (secondary N) is 1. The minimum Gasteiger partial charge on any atom is -0.353 e. The van der Waals surface area contributed by atoms with Gasteiger partial charge in [-0.25, -0.2) is 4.39 Å². The van der Waals surface area contributed by atoms with Gasteiger partial charge in [0.2, 0.25) is 5.91 Å². The van der Waals surface area contributed by atoms with Crippen molar-refractivity contribution >= 4 is 5.91 Å². The molecule has 2 fully saturated rings. The van der Waals surface area contributed by atoms with Gasteiger partial charge in [-0.05, 0) is 55.4 Å². The summed E-state index contributed by atoms with van der Waals surface area (Å²) in [6.45, 7) is 1.02. The van der Waals surface area contributed by atoms with E-state index in [1.54, 1.807) is 12.1 Å². The van der Waals surface area contributed by atoms with Gasteiger partial charge in [0.15, 0.2) is 0 Å². The number of fused-ring (bicyclic) bond motifs is 2. The van der Waals surface area contributed by atoms with Crippen molar-refractivity contribution in [2.75, 3.05) is 0 Å². The first-order valence-electron chi connectivity index (χ1n) is 10.0. The zero-order valence-corrected chi connectivity index (χ0v) is 15.6. The van der Waals surface area contributed by atoms with Crippen molar-refractivity contribution in [1.29, 1.82) is 0 Å². The molecule has 0 spiro atoms. The highest BCUT2D eigenvalue weighted by Crippen LogP contribution is 2.36. The van der Waals surface area contributed by atoms with E-state index in [9.17, 15) is 9.18 Å². The van der Waals surface area contributed by atoms with Crippen LogP contribution in [0.2, 0.25) is 0 Å². The third-order valence-corrected chi connectivity index (χ3v) is 6.01. The zero-order chi connectivity index (χ0) is 18.6. The summed E-state index contributed by atoms with van der Waals surface area (Å²) >= 11 is 0. The van der Waals surface area contributed by atoms with Crippen molar-refractivity contribution in [2.24, 2.45) is 0 Å². The first-order valence-corrected chi connectivity index (χ1v) is 10.0. The van der Waals surface area contributed by atoms with E-state index in [1.807, 2.05) is 0 Å². The van der Waals surface area contributed by atoms with Crippen molar-refractivity contribution in [1.82, 2.24) is 10.2 Å². The summed E-state index contributed by atoms with van der Waals surface area (Å²) in [5.74, 6) is -0.124. The van der Waals surface area contributed by atoms with E-state index in [-0.39, 0.29) is 17.8 Å². The molecule has 142 valence electrons. The summed E-state index contributed by atoms with van der Waals surface area (Å²) in [4.78, 5) is 15.0. The van der Waals surface area contributed by atoms with Crippen molar-refractivity contribution in [3.63, 3.8) is 0 Å². The van der Waals surface area contributed by atoms with E-state index in [0.717, 1.165) is 24.9 Å². The highest BCUT2D eigenvalue weighted by molar-refractivity contribution is 5.76. The molecule has 0 aliphatic carbocycles. The van der Waals surface area contributed by atoms with E-state index in [2.05, 4.69) is 40.5 Å². The van der Waals surface area contributed by atoms with E-state index in [4.69, 9.17) is 0 Å². The predicted molar refractivity (Wildman–Crippen MR) is 105 cm³/mol. The minimum atomic E-state index is -0.235. The average Bonchev–Trinajstić information content (AvgIpc) is 2.91. The summed E-state index contributed by atoms with van der Waals surface area (Å²) in [6, 6.07) is 18.5. The van der Waals surface area contributed by atoms with E-state index in [0.29, 0.717) is 24.9 Å². The first kappa shape index (κ1) is 18.2. The molecule has 0 aromatic heterocycles. The largest absolute Gasteiger partial charge is 0.353 e. The summed E-state index contributed by atoms with van der Waals surface area (Å²) in [7, 11) is 0. The summed E-state index contributed by atoms with van der Waals surface area (Å²) in [5, 5.41) is 3.25. The van der Waals surface area contributed by atoms with Gasteiger partial charge in [0.25, 0.3) is 0 Å². The van der Waals surface area contributed by atoms with Crippen molar-refractivity contribution in [3.8, 4) is 0 Å². The molecule has 0 radical (unpaired) electrons. The van der Waals surface area contributed by atoms with Gasteiger partial charge in [-0.1, -0.05) is 42.5 Å². The lowest BCUT2D eigenvalue weighted by molar-refractivity contribution is -0.122. The Kier molecular flexibility index (Phi) is 5.53. The second-order valence-electron chi connectivity index (χ2n) is 7.91. The van der Waals surface area contributed by atoms with Crippen LogP contribution in [0.25, 0.3) is 0 Å². The highest BCUT2D eigenvalue weighted by Gasteiger charge is 2.40. The number of carbonyl (C=O) groups is 1. The standard InChI is InChI=1S/C23H27FN2O/c24-19-9-6-17(7-10-19)8-13-23(27)25-20-14-21-11-12-22(15-20)26(21)16-18-4-2-1-3-5-18/h1-7,9-10,20-22H,8,11-16H2,(H,25,27). The lowest BCUT2D eigenvalue weighted by Gasteiger charge is -2.39. The Balaban J connectivity index is 1.27.